The molecule has 3 heteroatoms. The highest BCUT2D eigenvalue weighted by atomic mass is 35.5. The van der Waals surface area contributed by atoms with Gasteiger partial charge in [0.1, 0.15) is 0 Å². The molecule has 2 N–H and O–H groups in total. The van der Waals surface area contributed by atoms with Crippen LogP contribution in [0.1, 0.15) is 37.1 Å². The minimum Gasteiger partial charge on any atom is -0.389 e. The van der Waals surface area contributed by atoms with Gasteiger partial charge in [-0.3, -0.25) is 0 Å². The lowest BCUT2D eigenvalue weighted by Crippen LogP contribution is -2.09. The van der Waals surface area contributed by atoms with E-state index in [1.165, 1.54) is 0 Å². The van der Waals surface area contributed by atoms with Gasteiger partial charge in [-0.2, -0.15) is 0 Å². The van der Waals surface area contributed by atoms with Gasteiger partial charge in [0.05, 0.1) is 12.1 Å². The molecule has 0 heterocycles. The molecule has 2 nitrogen and oxygen atoms in total. The third kappa shape index (κ3) is 3.28. The first-order valence-electron chi connectivity index (χ1n) is 6.37. The summed E-state index contributed by atoms with van der Waals surface area (Å²) in [4.78, 5) is 0. The number of anilines is 1. The van der Waals surface area contributed by atoms with Crippen LogP contribution in [0.15, 0.2) is 48.5 Å². The second-order valence-corrected chi connectivity index (χ2v) is 5.06. The second kappa shape index (κ2) is 6.09. The summed E-state index contributed by atoms with van der Waals surface area (Å²) >= 11 is 6.20. The number of benzene rings is 2. The Morgan fingerprint density at radius 2 is 1.53 bits per heavy atom. The average Bonchev–Trinajstić information content (AvgIpc) is 2.39. The largest absolute Gasteiger partial charge is 0.389 e. The number of nitrogens with one attached hydrogen (secondary N) is 1. The van der Waals surface area contributed by atoms with Crippen molar-refractivity contribution in [3.8, 4) is 0 Å². The number of para-hydroxylation sites is 1. The van der Waals surface area contributed by atoms with Gasteiger partial charge in [0, 0.05) is 16.3 Å². The zero-order valence-electron chi connectivity index (χ0n) is 11.1. The van der Waals surface area contributed by atoms with Crippen molar-refractivity contribution in [2.75, 3.05) is 5.32 Å². The van der Waals surface area contributed by atoms with Crippen LogP contribution in [0.25, 0.3) is 0 Å². The van der Waals surface area contributed by atoms with Crippen LogP contribution in [0.3, 0.4) is 0 Å². The first kappa shape index (κ1) is 13.9. The van der Waals surface area contributed by atoms with Crippen LogP contribution < -0.4 is 5.32 Å². The summed E-state index contributed by atoms with van der Waals surface area (Å²) in [5, 5.41) is 13.9. The van der Waals surface area contributed by atoms with E-state index in [9.17, 15) is 5.11 Å². The summed E-state index contributed by atoms with van der Waals surface area (Å²) in [6, 6.07) is 15.6. The minimum absolute atomic E-state index is 0.0774. The molecule has 0 aliphatic heterocycles. The van der Waals surface area contributed by atoms with Crippen LogP contribution in [0.5, 0.6) is 0 Å². The quantitative estimate of drug-likeness (QED) is 0.857. The number of hydrogen-bond acceptors (Lipinski definition) is 2. The van der Waals surface area contributed by atoms with Crippen molar-refractivity contribution >= 4 is 17.3 Å². The summed E-state index contributed by atoms with van der Waals surface area (Å²) in [7, 11) is 0. The highest BCUT2D eigenvalue weighted by Gasteiger charge is 2.12. The minimum atomic E-state index is -0.498. The summed E-state index contributed by atoms with van der Waals surface area (Å²) in [5.41, 5.74) is 2.87. The normalized spacial score (nSPS) is 13.9. The summed E-state index contributed by atoms with van der Waals surface area (Å²) < 4.78 is 0. The predicted molar refractivity (Wildman–Crippen MR) is 80.6 cm³/mol. The fourth-order valence-electron chi connectivity index (χ4n) is 2.13. The van der Waals surface area contributed by atoms with Crippen LogP contribution in [-0.2, 0) is 0 Å². The standard InChI is InChI=1S/C16H18ClNO/c1-11(13-7-3-5-9-15(13)17)18-16-10-6-4-8-14(16)12(2)19/h3-12,18-19H,1-2H3. The van der Waals surface area contributed by atoms with Gasteiger partial charge in [0.2, 0.25) is 0 Å². The molecule has 0 saturated heterocycles. The fourth-order valence-corrected chi connectivity index (χ4v) is 2.43. The van der Waals surface area contributed by atoms with E-state index in [0.717, 1.165) is 21.8 Å². The molecule has 2 aromatic carbocycles. The fraction of sp³-hybridized carbons (Fsp3) is 0.250. The van der Waals surface area contributed by atoms with E-state index in [-0.39, 0.29) is 6.04 Å². The molecular formula is C16H18ClNO. The van der Waals surface area contributed by atoms with Crippen LogP contribution in [0.4, 0.5) is 5.69 Å². The zero-order chi connectivity index (χ0) is 13.8. The van der Waals surface area contributed by atoms with Gasteiger partial charge in [0.25, 0.3) is 0 Å². The van der Waals surface area contributed by atoms with Gasteiger partial charge in [-0.15, -0.1) is 0 Å². The first-order chi connectivity index (χ1) is 9.09. The Hall–Kier alpha value is -1.51. The van der Waals surface area contributed by atoms with Crippen molar-refractivity contribution in [3.63, 3.8) is 0 Å². The van der Waals surface area contributed by atoms with Crippen molar-refractivity contribution in [1.29, 1.82) is 0 Å². The van der Waals surface area contributed by atoms with Gasteiger partial charge in [0.15, 0.2) is 0 Å². The van der Waals surface area contributed by atoms with E-state index >= 15 is 0 Å². The highest BCUT2D eigenvalue weighted by molar-refractivity contribution is 6.31. The molecule has 0 aromatic heterocycles. The molecule has 0 radical (unpaired) electrons. The third-order valence-corrected chi connectivity index (χ3v) is 3.50. The second-order valence-electron chi connectivity index (χ2n) is 4.65. The monoisotopic (exact) mass is 275 g/mol. The maximum absolute atomic E-state index is 9.78. The van der Waals surface area contributed by atoms with Gasteiger partial charge in [-0.1, -0.05) is 48.0 Å². The number of halogens is 1. The molecule has 0 fully saturated rings. The Morgan fingerprint density at radius 1 is 0.947 bits per heavy atom. The Bertz CT molecular complexity index is 554. The third-order valence-electron chi connectivity index (χ3n) is 3.15. The van der Waals surface area contributed by atoms with E-state index < -0.39 is 6.10 Å². The molecule has 2 aromatic rings. The SMILES string of the molecule is CC(O)c1ccccc1NC(C)c1ccccc1Cl. The van der Waals surface area contributed by atoms with E-state index in [2.05, 4.69) is 12.2 Å². The maximum atomic E-state index is 9.78. The molecule has 2 unspecified atom stereocenters. The summed E-state index contributed by atoms with van der Waals surface area (Å²) in [6.45, 7) is 3.82. The molecule has 0 saturated carbocycles. The van der Waals surface area contributed by atoms with Crippen molar-refractivity contribution in [2.24, 2.45) is 0 Å². The predicted octanol–water partition coefficient (Wildman–Crippen LogP) is 4.57. The van der Waals surface area contributed by atoms with Gasteiger partial charge >= 0.3 is 0 Å². The van der Waals surface area contributed by atoms with Crippen LogP contribution in [0.2, 0.25) is 5.02 Å². The number of aliphatic hydroxyl groups excluding tert-OH is 1. The Morgan fingerprint density at radius 3 is 2.16 bits per heavy atom. The molecule has 0 aliphatic carbocycles. The molecule has 0 aliphatic rings. The number of hydrogen-bond donors (Lipinski definition) is 2. The van der Waals surface area contributed by atoms with Gasteiger partial charge < -0.3 is 10.4 Å². The summed E-state index contributed by atoms with van der Waals surface area (Å²) in [6.07, 6.45) is -0.498. The maximum Gasteiger partial charge on any atom is 0.0781 e. The lowest BCUT2D eigenvalue weighted by Gasteiger charge is -2.20. The molecular weight excluding hydrogens is 258 g/mol. The average molecular weight is 276 g/mol. The molecule has 2 rings (SSSR count). The lowest BCUT2D eigenvalue weighted by atomic mass is 10.0. The molecule has 0 spiro atoms. The zero-order valence-corrected chi connectivity index (χ0v) is 11.9. The Balaban J connectivity index is 2.24. The molecule has 2 atom stereocenters. The smallest absolute Gasteiger partial charge is 0.0781 e. The van der Waals surface area contributed by atoms with E-state index in [1.807, 2.05) is 48.5 Å². The van der Waals surface area contributed by atoms with Gasteiger partial charge in [-0.25, -0.2) is 0 Å². The topological polar surface area (TPSA) is 32.3 Å². The van der Waals surface area contributed by atoms with Gasteiger partial charge in [-0.05, 0) is 31.5 Å². The van der Waals surface area contributed by atoms with Crippen molar-refractivity contribution in [1.82, 2.24) is 0 Å². The van der Waals surface area contributed by atoms with Crippen LogP contribution >= 0.6 is 11.6 Å². The van der Waals surface area contributed by atoms with Crippen LogP contribution in [0, 0.1) is 0 Å². The molecule has 0 bridgehead atoms. The van der Waals surface area contributed by atoms with Crippen molar-refractivity contribution < 1.29 is 5.11 Å². The molecule has 0 amide bonds. The Labute approximate surface area is 119 Å². The van der Waals surface area contributed by atoms with Crippen molar-refractivity contribution in [2.45, 2.75) is 26.0 Å². The Kier molecular flexibility index (Phi) is 4.46. The molecule has 100 valence electrons. The number of rotatable bonds is 4. The van der Waals surface area contributed by atoms with E-state index in [4.69, 9.17) is 11.6 Å². The summed E-state index contributed by atoms with van der Waals surface area (Å²) in [5.74, 6) is 0. The number of aliphatic hydroxyl groups is 1. The lowest BCUT2D eigenvalue weighted by molar-refractivity contribution is 0.200. The molecule has 19 heavy (non-hydrogen) atoms. The highest BCUT2D eigenvalue weighted by Crippen LogP contribution is 2.29. The van der Waals surface area contributed by atoms with Crippen LogP contribution in [-0.4, -0.2) is 5.11 Å². The van der Waals surface area contributed by atoms with Crippen molar-refractivity contribution in [3.05, 3.63) is 64.7 Å². The van der Waals surface area contributed by atoms with E-state index in [0.29, 0.717) is 0 Å². The van der Waals surface area contributed by atoms with E-state index in [1.54, 1.807) is 6.92 Å². The first-order valence-corrected chi connectivity index (χ1v) is 6.75.